The largest absolute Gasteiger partial charge is 0.439 e. The molecule has 12 heteroatoms. The van der Waals surface area contributed by atoms with Crippen molar-refractivity contribution in [1.29, 1.82) is 0 Å². The average molecular weight is 497 g/mol. The van der Waals surface area contributed by atoms with Crippen molar-refractivity contribution in [2.45, 2.75) is 38.0 Å². The van der Waals surface area contributed by atoms with E-state index in [0.717, 1.165) is 10.8 Å². The number of alkyl halides is 6. The number of carbonyl (C=O) groups is 2. The van der Waals surface area contributed by atoms with Gasteiger partial charge in [-0.3, -0.25) is 4.98 Å². The molecule has 184 valence electrons. The first-order chi connectivity index (χ1) is 16.4. The monoisotopic (exact) mass is 497 g/mol. The molecular formula is C23H17F6N3O3. The van der Waals surface area contributed by atoms with Crippen LogP contribution in [-0.2, 0) is 23.6 Å². The van der Waals surface area contributed by atoms with E-state index in [-0.39, 0.29) is 12.6 Å². The molecule has 1 fully saturated rings. The molecule has 1 aliphatic heterocycles. The molecule has 0 unspecified atom stereocenters. The van der Waals surface area contributed by atoms with Crippen molar-refractivity contribution in [3.8, 4) is 0 Å². The zero-order valence-corrected chi connectivity index (χ0v) is 17.9. The lowest BCUT2D eigenvalue weighted by atomic mass is 9.97. The fraction of sp³-hybridized carbons (Fsp3) is 0.261. The smallest absolute Gasteiger partial charge is 0.419 e. The van der Waals surface area contributed by atoms with Crippen LogP contribution >= 0.6 is 0 Å². The Balaban J connectivity index is 1.57. The molecule has 2 aromatic carbocycles. The molecule has 35 heavy (non-hydrogen) atoms. The number of nitrogens with zero attached hydrogens (tertiary/aromatic N) is 2. The zero-order chi connectivity index (χ0) is 25.5. The molecule has 0 saturated carbocycles. The summed E-state index contributed by atoms with van der Waals surface area (Å²) in [7, 11) is 0. The molecule has 0 aliphatic carbocycles. The standard InChI is InChI=1S/C23H17F6N3O3/c1-12-19(14-6-16(22(24,25)26)8-17(7-14)23(27,28)29)35-21(34)32(12)20(33)31-11-15-10-30-9-13-4-2-3-5-18(13)15/h2-10,12,19H,11H2,1H3,(H,31,33)/t12-,19-/m0/s1. The van der Waals surface area contributed by atoms with Gasteiger partial charge in [-0.05, 0) is 41.6 Å². The van der Waals surface area contributed by atoms with Gasteiger partial charge in [-0.2, -0.15) is 26.3 Å². The van der Waals surface area contributed by atoms with Crippen LogP contribution in [0.3, 0.4) is 0 Å². The third-order valence-corrected chi connectivity index (χ3v) is 5.61. The van der Waals surface area contributed by atoms with E-state index in [0.29, 0.717) is 22.6 Å². The van der Waals surface area contributed by atoms with E-state index >= 15 is 0 Å². The molecule has 1 aliphatic rings. The van der Waals surface area contributed by atoms with Gasteiger partial charge in [0, 0.05) is 24.3 Å². The molecule has 0 spiro atoms. The highest BCUT2D eigenvalue weighted by molar-refractivity contribution is 5.93. The van der Waals surface area contributed by atoms with Gasteiger partial charge in [0.05, 0.1) is 17.2 Å². The van der Waals surface area contributed by atoms with Gasteiger partial charge >= 0.3 is 24.5 Å². The summed E-state index contributed by atoms with van der Waals surface area (Å²) in [4.78, 5) is 29.8. The van der Waals surface area contributed by atoms with Crippen molar-refractivity contribution < 1.29 is 40.7 Å². The predicted octanol–water partition coefficient (Wildman–Crippen LogP) is 6.06. The molecule has 3 aromatic rings. The predicted molar refractivity (Wildman–Crippen MR) is 111 cm³/mol. The number of aromatic nitrogens is 1. The Morgan fingerprint density at radius 3 is 2.29 bits per heavy atom. The van der Waals surface area contributed by atoms with E-state index in [2.05, 4.69) is 10.3 Å². The summed E-state index contributed by atoms with van der Waals surface area (Å²) in [5.74, 6) is 0. The van der Waals surface area contributed by atoms with Crippen molar-refractivity contribution in [3.63, 3.8) is 0 Å². The summed E-state index contributed by atoms with van der Waals surface area (Å²) >= 11 is 0. The van der Waals surface area contributed by atoms with Crippen molar-refractivity contribution in [1.82, 2.24) is 15.2 Å². The van der Waals surface area contributed by atoms with Crippen LogP contribution in [-0.4, -0.2) is 28.1 Å². The first-order valence-corrected chi connectivity index (χ1v) is 10.2. The molecule has 1 N–H and O–H groups in total. The highest BCUT2D eigenvalue weighted by atomic mass is 19.4. The van der Waals surface area contributed by atoms with Crippen LogP contribution in [0.1, 0.15) is 35.3 Å². The minimum absolute atomic E-state index is 0.0202. The van der Waals surface area contributed by atoms with Gasteiger partial charge in [0.2, 0.25) is 0 Å². The first-order valence-electron chi connectivity index (χ1n) is 10.2. The lowest BCUT2D eigenvalue weighted by Crippen LogP contribution is -2.44. The van der Waals surface area contributed by atoms with Crippen molar-refractivity contribution in [3.05, 3.63) is 77.1 Å². The van der Waals surface area contributed by atoms with Gasteiger partial charge < -0.3 is 10.1 Å². The number of amides is 3. The number of cyclic esters (lactones) is 1. The maximum absolute atomic E-state index is 13.2. The quantitative estimate of drug-likeness (QED) is 0.447. The van der Waals surface area contributed by atoms with E-state index < -0.39 is 53.3 Å². The van der Waals surface area contributed by atoms with E-state index in [4.69, 9.17) is 4.74 Å². The lowest BCUT2D eigenvalue weighted by Gasteiger charge is -2.21. The normalized spacial score (nSPS) is 18.6. The molecule has 1 saturated heterocycles. The number of urea groups is 1. The molecule has 3 amide bonds. The third-order valence-electron chi connectivity index (χ3n) is 5.61. The summed E-state index contributed by atoms with van der Waals surface area (Å²) in [6, 6.07) is 6.08. The number of hydrogen-bond acceptors (Lipinski definition) is 4. The van der Waals surface area contributed by atoms with Crippen LogP contribution in [0.2, 0.25) is 0 Å². The summed E-state index contributed by atoms with van der Waals surface area (Å²) in [6.45, 7) is 1.26. The van der Waals surface area contributed by atoms with E-state index in [1.54, 1.807) is 12.3 Å². The van der Waals surface area contributed by atoms with Crippen molar-refractivity contribution in [2.75, 3.05) is 0 Å². The van der Waals surface area contributed by atoms with Gasteiger partial charge in [0.15, 0.2) is 0 Å². The second-order valence-electron chi connectivity index (χ2n) is 7.93. The summed E-state index contributed by atoms with van der Waals surface area (Å²) in [6.07, 6.45) is -9.69. The van der Waals surface area contributed by atoms with Gasteiger partial charge in [-0.15, -0.1) is 0 Å². The average Bonchev–Trinajstić information content (AvgIpc) is 3.09. The van der Waals surface area contributed by atoms with Crippen LogP contribution in [0, 0.1) is 0 Å². The summed E-state index contributed by atoms with van der Waals surface area (Å²) in [5.41, 5.74) is -2.98. The molecule has 0 radical (unpaired) electrons. The first kappa shape index (κ1) is 24.3. The number of ether oxygens (including phenoxy) is 1. The van der Waals surface area contributed by atoms with Crippen molar-refractivity contribution >= 4 is 22.9 Å². The van der Waals surface area contributed by atoms with Crippen LogP contribution in [0.5, 0.6) is 0 Å². The van der Waals surface area contributed by atoms with E-state index in [9.17, 15) is 35.9 Å². The Labute approximate surface area is 194 Å². The van der Waals surface area contributed by atoms with Gasteiger partial charge in [-0.1, -0.05) is 24.3 Å². The zero-order valence-electron chi connectivity index (χ0n) is 17.9. The second kappa shape index (κ2) is 8.75. The number of imide groups is 1. The minimum Gasteiger partial charge on any atom is -0.439 e. The lowest BCUT2D eigenvalue weighted by molar-refractivity contribution is -0.143. The number of halogens is 6. The second-order valence-corrected chi connectivity index (χ2v) is 7.93. The van der Waals surface area contributed by atoms with Gasteiger partial charge in [-0.25, -0.2) is 14.5 Å². The molecular weight excluding hydrogens is 480 g/mol. The molecule has 2 heterocycles. The van der Waals surface area contributed by atoms with Crippen LogP contribution in [0.15, 0.2) is 54.9 Å². The Morgan fingerprint density at radius 2 is 1.66 bits per heavy atom. The summed E-state index contributed by atoms with van der Waals surface area (Å²) in [5, 5.41) is 4.15. The Bertz CT molecular complexity index is 1250. The molecule has 6 nitrogen and oxygen atoms in total. The minimum atomic E-state index is -5.06. The van der Waals surface area contributed by atoms with Crippen LogP contribution in [0.4, 0.5) is 35.9 Å². The van der Waals surface area contributed by atoms with Crippen molar-refractivity contribution in [2.24, 2.45) is 0 Å². The van der Waals surface area contributed by atoms with E-state index in [1.807, 2.05) is 18.2 Å². The number of rotatable bonds is 3. The molecule has 1 aromatic heterocycles. The highest BCUT2D eigenvalue weighted by Gasteiger charge is 2.45. The molecule has 2 atom stereocenters. The van der Waals surface area contributed by atoms with Crippen LogP contribution < -0.4 is 5.32 Å². The number of carbonyl (C=O) groups excluding carboxylic acids is 2. The number of hydrogen-bond donors (Lipinski definition) is 1. The topological polar surface area (TPSA) is 71.5 Å². The molecule has 4 rings (SSSR count). The fourth-order valence-electron chi connectivity index (χ4n) is 3.90. The SMILES string of the molecule is C[C@H]1[C@@H](c2cc(C(F)(F)F)cc(C(F)(F)F)c2)OC(=O)N1C(=O)NCc1cncc2ccccc12. The van der Waals surface area contributed by atoms with E-state index in [1.165, 1.54) is 13.1 Å². The van der Waals surface area contributed by atoms with Crippen LogP contribution in [0.25, 0.3) is 10.8 Å². The summed E-state index contributed by atoms with van der Waals surface area (Å²) < 4.78 is 84.3. The number of pyridine rings is 1. The fourth-order valence-corrected chi connectivity index (χ4v) is 3.90. The number of fused-ring (bicyclic) bond motifs is 1. The maximum atomic E-state index is 13.2. The highest BCUT2D eigenvalue weighted by Crippen LogP contribution is 2.40. The Morgan fingerprint density at radius 1 is 1.03 bits per heavy atom. The molecule has 0 bridgehead atoms. The third kappa shape index (κ3) is 4.86. The number of benzene rings is 2. The maximum Gasteiger partial charge on any atom is 0.419 e. The van der Waals surface area contributed by atoms with Gasteiger partial charge in [0.25, 0.3) is 0 Å². The Hall–Kier alpha value is -3.83. The van der Waals surface area contributed by atoms with Gasteiger partial charge in [0.1, 0.15) is 6.10 Å². The Kier molecular flexibility index (Phi) is 6.07. The number of nitrogens with one attached hydrogen (secondary N) is 1.